The van der Waals surface area contributed by atoms with Crippen molar-refractivity contribution in [3.8, 4) is 5.75 Å². The van der Waals surface area contributed by atoms with E-state index in [1.165, 1.54) is 45.3 Å². The van der Waals surface area contributed by atoms with Gasteiger partial charge >= 0.3 is 0 Å². The van der Waals surface area contributed by atoms with E-state index in [4.69, 9.17) is 4.74 Å². The summed E-state index contributed by atoms with van der Waals surface area (Å²) in [5, 5.41) is 14.3. The van der Waals surface area contributed by atoms with Gasteiger partial charge in [-0.15, -0.1) is 0 Å². The van der Waals surface area contributed by atoms with Gasteiger partial charge in [-0.05, 0) is 24.7 Å². The second-order valence-electron chi connectivity index (χ2n) is 5.85. The fraction of sp³-hybridized carbons (Fsp3) is 0.625. The van der Waals surface area contributed by atoms with Gasteiger partial charge in [0.2, 0.25) is 0 Å². The van der Waals surface area contributed by atoms with Crippen molar-refractivity contribution in [2.24, 2.45) is 11.8 Å². The smallest absolute Gasteiger partial charge is 0.275 e. The van der Waals surface area contributed by atoms with Crippen molar-refractivity contribution < 1.29 is 9.66 Å². The highest BCUT2D eigenvalue weighted by atomic mass is 16.6. The van der Waals surface area contributed by atoms with Crippen molar-refractivity contribution in [3.05, 3.63) is 28.3 Å². The SMILES string of the molecule is CCC1CCC(CNc2cc(OC)cc([N+](=O)[O-])c2)CC1. The highest BCUT2D eigenvalue weighted by Crippen LogP contribution is 2.31. The molecular weight excluding hydrogens is 268 g/mol. The zero-order valence-corrected chi connectivity index (χ0v) is 12.8. The molecule has 0 radical (unpaired) electrons. The summed E-state index contributed by atoms with van der Waals surface area (Å²) in [7, 11) is 1.52. The lowest BCUT2D eigenvalue weighted by atomic mass is 9.81. The van der Waals surface area contributed by atoms with E-state index in [1.54, 1.807) is 6.07 Å². The van der Waals surface area contributed by atoms with Gasteiger partial charge in [0.15, 0.2) is 0 Å². The van der Waals surface area contributed by atoms with Crippen LogP contribution in [0.2, 0.25) is 0 Å². The number of anilines is 1. The molecule has 1 N–H and O–H groups in total. The Morgan fingerprint density at radius 3 is 2.48 bits per heavy atom. The largest absolute Gasteiger partial charge is 0.496 e. The lowest BCUT2D eigenvalue weighted by molar-refractivity contribution is -0.384. The van der Waals surface area contributed by atoms with Crippen molar-refractivity contribution in [3.63, 3.8) is 0 Å². The molecule has 0 saturated heterocycles. The first kappa shape index (κ1) is 15.6. The average Bonchev–Trinajstić information content (AvgIpc) is 2.53. The van der Waals surface area contributed by atoms with E-state index >= 15 is 0 Å². The van der Waals surface area contributed by atoms with E-state index in [9.17, 15) is 10.1 Å². The lowest BCUT2D eigenvalue weighted by Gasteiger charge is -2.28. The summed E-state index contributed by atoms with van der Waals surface area (Å²) < 4.78 is 5.12. The van der Waals surface area contributed by atoms with Crippen molar-refractivity contribution in [1.29, 1.82) is 0 Å². The molecule has 0 bridgehead atoms. The molecule has 21 heavy (non-hydrogen) atoms. The van der Waals surface area contributed by atoms with Crippen molar-refractivity contribution in [2.45, 2.75) is 39.0 Å². The van der Waals surface area contributed by atoms with E-state index < -0.39 is 0 Å². The summed E-state index contributed by atoms with van der Waals surface area (Å²) in [6, 6.07) is 4.82. The molecule has 1 aliphatic rings. The van der Waals surface area contributed by atoms with Crippen molar-refractivity contribution in [2.75, 3.05) is 19.0 Å². The highest BCUT2D eigenvalue weighted by molar-refractivity contribution is 5.56. The summed E-state index contributed by atoms with van der Waals surface area (Å²) in [5.74, 6) is 2.07. The van der Waals surface area contributed by atoms with E-state index in [0.717, 1.165) is 18.2 Å². The van der Waals surface area contributed by atoms with Crippen LogP contribution in [0.25, 0.3) is 0 Å². The molecule has 2 rings (SSSR count). The molecule has 5 nitrogen and oxygen atoms in total. The fourth-order valence-electron chi connectivity index (χ4n) is 3.01. The van der Waals surface area contributed by atoms with Crippen LogP contribution in [0.4, 0.5) is 11.4 Å². The number of ether oxygens (including phenoxy) is 1. The maximum Gasteiger partial charge on any atom is 0.275 e. The highest BCUT2D eigenvalue weighted by Gasteiger charge is 2.20. The number of nitrogens with zero attached hydrogens (tertiary/aromatic N) is 1. The average molecular weight is 292 g/mol. The number of nitro benzene ring substituents is 1. The Balaban J connectivity index is 1.93. The molecule has 0 aliphatic heterocycles. The van der Waals surface area contributed by atoms with Crippen LogP contribution in [-0.4, -0.2) is 18.6 Å². The Hall–Kier alpha value is -1.78. The van der Waals surface area contributed by atoms with Gasteiger partial charge in [-0.25, -0.2) is 0 Å². The number of benzene rings is 1. The molecule has 0 aromatic heterocycles. The standard InChI is InChI=1S/C16H24N2O3/c1-3-12-4-6-13(7-5-12)11-17-14-8-15(18(19)20)10-16(9-14)21-2/h8-10,12-13,17H,3-7,11H2,1-2H3. The van der Waals surface area contributed by atoms with Crippen LogP contribution < -0.4 is 10.1 Å². The Bertz CT molecular complexity index is 482. The van der Waals surface area contributed by atoms with Crippen LogP contribution in [0.1, 0.15) is 39.0 Å². The van der Waals surface area contributed by atoms with Gasteiger partial charge in [-0.1, -0.05) is 26.2 Å². The summed E-state index contributed by atoms with van der Waals surface area (Å²) >= 11 is 0. The minimum atomic E-state index is -0.389. The van der Waals surface area contributed by atoms with Crippen molar-refractivity contribution >= 4 is 11.4 Å². The summed E-state index contributed by atoms with van der Waals surface area (Å²) in [6.45, 7) is 3.14. The van der Waals surface area contributed by atoms with E-state index in [2.05, 4.69) is 12.2 Å². The molecule has 0 amide bonds. The predicted octanol–water partition coefficient (Wildman–Crippen LogP) is 4.23. The molecule has 1 fully saturated rings. The number of rotatable bonds is 6. The number of nitrogens with one attached hydrogen (secondary N) is 1. The van der Waals surface area contributed by atoms with Gasteiger partial charge in [0.05, 0.1) is 18.1 Å². The van der Waals surface area contributed by atoms with E-state index in [1.807, 2.05) is 6.07 Å². The first-order chi connectivity index (χ1) is 10.1. The second-order valence-corrected chi connectivity index (χ2v) is 5.85. The number of methoxy groups -OCH3 is 1. The first-order valence-corrected chi connectivity index (χ1v) is 7.69. The monoisotopic (exact) mass is 292 g/mol. The summed E-state index contributed by atoms with van der Waals surface area (Å²) in [6.07, 6.45) is 6.39. The number of hydrogen-bond acceptors (Lipinski definition) is 4. The van der Waals surface area contributed by atoms with Crippen LogP contribution in [0.5, 0.6) is 5.75 Å². The van der Waals surface area contributed by atoms with Gasteiger partial charge in [0.25, 0.3) is 5.69 Å². The molecule has 0 unspecified atom stereocenters. The first-order valence-electron chi connectivity index (χ1n) is 7.69. The molecule has 0 atom stereocenters. The molecular formula is C16H24N2O3. The molecule has 5 heteroatoms. The third-order valence-electron chi connectivity index (χ3n) is 4.48. The third kappa shape index (κ3) is 4.34. The van der Waals surface area contributed by atoms with Gasteiger partial charge in [-0.2, -0.15) is 0 Å². The summed E-state index contributed by atoms with van der Waals surface area (Å²) in [4.78, 5) is 10.5. The Kier molecular flexibility index (Phi) is 5.42. The number of non-ortho nitro benzene ring substituents is 1. The lowest BCUT2D eigenvalue weighted by Crippen LogP contribution is -2.21. The number of hydrogen-bond donors (Lipinski definition) is 1. The maximum atomic E-state index is 10.9. The molecule has 0 spiro atoms. The minimum Gasteiger partial charge on any atom is -0.496 e. The van der Waals surface area contributed by atoms with Crippen LogP contribution in [0.15, 0.2) is 18.2 Å². The van der Waals surface area contributed by atoms with E-state index in [-0.39, 0.29) is 10.6 Å². The molecule has 1 aromatic carbocycles. The Morgan fingerprint density at radius 2 is 1.90 bits per heavy atom. The molecule has 1 aliphatic carbocycles. The molecule has 116 valence electrons. The quantitative estimate of drug-likeness (QED) is 0.629. The van der Waals surface area contributed by atoms with E-state index in [0.29, 0.717) is 11.7 Å². The topological polar surface area (TPSA) is 64.4 Å². The van der Waals surface area contributed by atoms with Crippen LogP contribution >= 0.6 is 0 Å². The molecule has 1 aromatic rings. The Labute approximate surface area is 125 Å². The predicted molar refractivity (Wildman–Crippen MR) is 83.9 cm³/mol. The van der Waals surface area contributed by atoms with Crippen LogP contribution in [0, 0.1) is 22.0 Å². The zero-order chi connectivity index (χ0) is 15.2. The van der Waals surface area contributed by atoms with Crippen LogP contribution in [-0.2, 0) is 0 Å². The fourth-order valence-corrected chi connectivity index (χ4v) is 3.01. The Morgan fingerprint density at radius 1 is 1.24 bits per heavy atom. The normalized spacial score (nSPS) is 21.8. The van der Waals surface area contributed by atoms with Crippen molar-refractivity contribution in [1.82, 2.24) is 0 Å². The summed E-state index contributed by atoms with van der Waals surface area (Å²) in [5.41, 5.74) is 0.824. The van der Waals surface area contributed by atoms with Gasteiger partial charge in [0, 0.05) is 24.4 Å². The third-order valence-corrected chi connectivity index (χ3v) is 4.48. The van der Waals surface area contributed by atoms with Gasteiger partial charge in [0.1, 0.15) is 5.75 Å². The maximum absolute atomic E-state index is 10.9. The zero-order valence-electron chi connectivity index (χ0n) is 12.8. The second kappa shape index (κ2) is 7.29. The minimum absolute atomic E-state index is 0.0616. The molecule has 1 saturated carbocycles. The number of nitro groups is 1. The van der Waals surface area contributed by atoms with Gasteiger partial charge in [-0.3, -0.25) is 10.1 Å². The van der Waals surface area contributed by atoms with Gasteiger partial charge < -0.3 is 10.1 Å². The molecule has 0 heterocycles. The van der Waals surface area contributed by atoms with Crippen LogP contribution in [0.3, 0.4) is 0 Å².